The van der Waals surface area contributed by atoms with Crippen LogP contribution in [0.3, 0.4) is 0 Å². The van der Waals surface area contributed by atoms with Gasteiger partial charge in [-0.05, 0) is 19.9 Å². The van der Waals surface area contributed by atoms with Crippen molar-refractivity contribution < 1.29 is 28.9 Å². The number of esters is 2. The number of carbonyl (C=O) groups excluding carboxylic acids is 2. The van der Waals surface area contributed by atoms with Crippen LogP contribution in [-0.2, 0) is 19.0 Å². The second kappa shape index (κ2) is 6.42. The lowest BCUT2D eigenvalue weighted by atomic mass is 9.95. The highest BCUT2D eigenvalue weighted by Gasteiger charge is 2.41. The molecule has 0 spiro atoms. The lowest BCUT2D eigenvalue weighted by molar-refractivity contribution is -0.148. The number of hydrogen-bond donors (Lipinski definition) is 1. The van der Waals surface area contributed by atoms with E-state index in [0.29, 0.717) is 11.1 Å². The van der Waals surface area contributed by atoms with Crippen molar-refractivity contribution in [3.63, 3.8) is 0 Å². The van der Waals surface area contributed by atoms with E-state index in [0.717, 1.165) is 0 Å². The highest BCUT2D eigenvalue weighted by atomic mass is 16.6. The van der Waals surface area contributed by atoms with Gasteiger partial charge in [-0.15, -0.1) is 0 Å². The van der Waals surface area contributed by atoms with Gasteiger partial charge in [0.05, 0.1) is 31.0 Å². The summed E-state index contributed by atoms with van der Waals surface area (Å²) >= 11 is 0. The molecule has 1 unspecified atom stereocenters. The number of benzene rings is 1. The van der Waals surface area contributed by atoms with E-state index in [9.17, 15) is 14.7 Å². The fraction of sp³-hybridized carbons (Fsp3) is 0.412. The summed E-state index contributed by atoms with van der Waals surface area (Å²) in [5.74, 6) is -0.836. The molecule has 23 heavy (non-hydrogen) atoms. The average molecular weight is 320 g/mol. The summed E-state index contributed by atoms with van der Waals surface area (Å²) in [5.41, 5.74) is -0.141. The fourth-order valence-corrected chi connectivity index (χ4v) is 2.45. The molecule has 0 aliphatic carbocycles. The molecule has 0 aromatic heterocycles. The first kappa shape index (κ1) is 17.0. The van der Waals surface area contributed by atoms with Crippen molar-refractivity contribution in [2.24, 2.45) is 0 Å². The van der Waals surface area contributed by atoms with Crippen LogP contribution in [0.5, 0.6) is 0 Å². The predicted octanol–water partition coefficient (Wildman–Crippen LogP) is 1.92. The van der Waals surface area contributed by atoms with Gasteiger partial charge in [0.1, 0.15) is 11.9 Å². The largest absolute Gasteiger partial charge is 0.496 e. The number of carbonyl (C=O) groups is 2. The van der Waals surface area contributed by atoms with Gasteiger partial charge in [0, 0.05) is 12.0 Å². The van der Waals surface area contributed by atoms with Crippen molar-refractivity contribution in [3.8, 4) is 0 Å². The minimum Gasteiger partial charge on any atom is -0.496 e. The van der Waals surface area contributed by atoms with Gasteiger partial charge in [-0.25, -0.2) is 9.59 Å². The van der Waals surface area contributed by atoms with E-state index in [1.165, 1.54) is 14.2 Å². The second-order valence-electron chi connectivity index (χ2n) is 5.80. The van der Waals surface area contributed by atoms with E-state index >= 15 is 0 Å². The number of methoxy groups -OCH3 is 2. The first-order chi connectivity index (χ1) is 10.8. The maximum Gasteiger partial charge on any atom is 0.338 e. The lowest BCUT2D eigenvalue weighted by Gasteiger charge is -2.23. The Morgan fingerprint density at radius 3 is 2.30 bits per heavy atom. The standard InChI is InChI=1S/C17H20O6/c1-17(2,20)13-9-12(16(19)23-13)14(21-3)10-7-5-6-8-11(10)15(18)22-4/h5-8,13,20H,9H2,1-4H3/b14-12+. The summed E-state index contributed by atoms with van der Waals surface area (Å²) in [6.07, 6.45) is -0.471. The molecule has 0 bridgehead atoms. The van der Waals surface area contributed by atoms with Crippen LogP contribution < -0.4 is 0 Å². The first-order valence-corrected chi connectivity index (χ1v) is 7.17. The van der Waals surface area contributed by atoms with Crippen molar-refractivity contribution in [2.45, 2.75) is 32.0 Å². The number of hydrogen-bond acceptors (Lipinski definition) is 6. The van der Waals surface area contributed by atoms with Crippen LogP contribution in [0.2, 0.25) is 0 Å². The van der Waals surface area contributed by atoms with Gasteiger partial charge in [-0.1, -0.05) is 18.2 Å². The Morgan fingerprint density at radius 2 is 1.83 bits per heavy atom. The van der Waals surface area contributed by atoms with E-state index in [1.807, 2.05) is 0 Å². The Labute approximate surface area is 134 Å². The highest BCUT2D eigenvalue weighted by Crippen LogP contribution is 2.34. The quantitative estimate of drug-likeness (QED) is 0.518. The number of aliphatic hydroxyl groups is 1. The Kier molecular flexibility index (Phi) is 4.75. The molecule has 0 radical (unpaired) electrons. The minimum atomic E-state index is -1.17. The van der Waals surface area contributed by atoms with Crippen LogP contribution in [-0.4, -0.2) is 43.0 Å². The molecule has 0 amide bonds. The first-order valence-electron chi connectivity index (χ1n) is 7.17. The van der Waals surface area contributed by atoms with Crippen LogP contribution in [0.25, 0.3) is 5.76 Å². The third-order valence-electron chi connectivity index (χ3n) is 3.73. The molecule has 1 heterocycles. The predicted molar refractivity (Wildman–Crippen MR) is 82.5 cm³/mol. The monoisotopic (exact) mass is 320 g/mol. The second-order valence-corrected chi connectivity index (χ2v) is 5.80. The number of ether oxygens (including phenoxy) is 3. The van der Waals surface area contributed by atoms with Crippen molar-refractivity contribution in [1.82, 2.24) is 0 Å². The van der Waals surface area contributed by atoms with Crippen molar-refractivity contribution in [1.29, 1.82) is 0 Å². The van der Waals surface area contributed by atoms with Crippen molar-refractivity contribution in [2.75, 3.05) is 14.2 Å². The molecule has 1 N–H and O–H groups in total. The fourth-order valence-electron chi connectivity index (χ4n) is 2.45. The number of cyclic esters (lactones) is 1. The molecule has 0 saturated carbocycles. The zero-order chi connectivity index (χ0) is 17.2. The number of rotatable bonds is 4. The Bertz CT molecular complexity index is 653. The van der Waals surface area contributed by atoms with Gasteiger partial charge >= 0.3 is 11.9 Å². The van der Waals surface area contributed by atoms with Gasteiger partial charge in [0.15, 0.2) is 0 Å². The highest BCUT2D eigenvalue weighted by molar-refractivity contribution is 6.02. The topological polar surface area (TPSA) is 82.1 Å². The molecule has 1 aromatic rings. The van der Waals surface area contributed by atoms with Crippen LogP contribution in [0.15, 0.2) is 29.8 Å². The molecule has 1 saturated heterocycles. The van der Waals surface area contributed by atoms with Crippen LogP contribution in [0, 0.1) is 0 Å². The molecular formula is C17H20O6. The maximum absolute atomic E-state index is 12.2. The molecule has 1 aromatic carbocycles. The summed E-state index contributed by atoms with van der Waals surface area (Å²) in [7, 11) is 2.70. The lowest BCUT2D eigenvalue weighted by Crippen LogP contribution is -2.35. The smallest absolute Gasteiger partial charge is 0.338 e. The van der Waals surface area contributed by atoms with E-state index < -0.39 is 23.6 Å². The third kappa shape index (κ3) is 3.37. The van der Waals surface area contributed by atoms with Gasteiger partial charge in [-0.2, -0.15) is 0 Å². The summed E-state index contributed by atoms with van der Waals surface area (Å²) in [4.78, 5) is 24.1. The van der Waals surface area contributed by atoms with Gasteiger partial charge in [-0.3, -0.25) is 0 Å². The average Bonchev–Trinajstić information content (AvgIpc) is 2.90. The van der Waals surface area contributed by atoms with Gasteiger partial charge in [0.2, 0.25) is 0 Å². The molecular weight excluding hydrogens is 300 g/mol. The summed E-state index contributed by atoms with van der Waals surface area (Å²) < 4.78 is 15.4. The minimum absolute atomic E-state index is 0.195. The zero-order valence-corrected chi connectivity index (χ0v) is 13.6. The van der Waals surface area contributed by atoms with E-state index in [1.54, 1.807) is 38.1 Å². The van der Waals surface area contributed by atoms with Crippen molar-refractivity contribution >= 4 is 17.7 Å². The Morgan fingerprint density at radius 1 is 1.22 bits per heavy atom. The molecule has 6 nitrogen and oxygen atoms in total. The van der Waals surface area contributed by atoms with Crippen LogP contribution >= 0.6 is 0 Å². The summed E-state index contributed by atoms with van der Waals surface area (Å²) in [5, 5.41) is 10.0. The van der Waals surface area contributed by atoms with Crippen molar-refractivity contribution in [3.05, 3.63) is 41.0 Å². The molecule has 1 atom stereocenters. The third-order valence-corrected chi connectivity index (χ3v) is 3.73. The molecule has 6 heteroatoms. The van der Waals surface area contributed by atoms with E-state index in [2.05, 4.69) is 0 Å². The molecule has 1 fully saturated rings. The van der Waals surface area contributed by atoms with Gasteiger partial charge < -0.3 is 19.3 Å². The molecule has 2 rings (SSSR count). The summed E-state index contributed by atoms with van der Waals surface area (Å²) in [6, 6.07) is 6.69. The Balaban J connectivity index is 2.52. The molecule has 1 aliphatic heterocycles. The zero-order valence-electron chi connectivity index (χ0n) is 13.6. The molecule has 1 aliphatic rings. The maximum atomic E-state index is 12.2. The van der Waals surface area contributed by atoms with Crippen LogP contribution in [0.1, 0.15) is 36.2 Å². The van der Waals surface area contributed by atoms with E-state index in [-0.39, 0.29) is 17.8 Å². The summed E-state index contributed by atoms with van der Waals surface area (Å²) in [6.45, 7) is 3.14. The van der Waals surface area contributed by atoms with Crippen LogP contribution in [0.4, 0.5) is 0 Å². The van der Waals surface area contributed by atoms with Gasteiger partial charge in [0.25, 0.3) is 0 Å². The SMILES string of the molecule is COC(=O)c1ccccc1/C(OC)=C1/CC(C(C)(C)O)OC1=O. The normalized spacial score (nSPS) is 20.0. The molecule has 124 valence electrons. The Hall–Kier alpha value is -2.34. The van der Waals surface area contributed by atoms with E-state index in [4.69, 9.17) is 14.2 Å².